The van der Waals surface area contributed by atoms with Crippen molar-refractivity contribution in [1.82, 2.24) is 14.4 Å². The maximum atomic E-state index is 14.1. The molecule has 0 unspecified atom stereocenters. The van der Waals surface area contributed by atoms with E-state index in [2.05, 4.69) is 31.2 Å². The molecule has 0 bridgehead atoms. The Morgan fingerprint density at radius 2 is 2.27 bits per heavy atom. The summed E-state index contributed by atoms with van der Waals surface area (Å²) in [6, 6.07) is 3.14. The first-order valence-electron chi connectivity index (χ1n) is 6.88. The maximum absolute atomic E-state index is 14.1. The molecule has 0 radical (unpaired) electrons. The Hall–Kier alpha value is -2.15. The average Bonchev–Trinajstić information content (AvgIpc) is 3.17. The van der Waals surface area contributed by atoms with E-state index < -0.39 is 0 Å². The fourth-order valence-corrected chi connectivity index (χ4v) is 3.09. The molecule has 1 aliphatic heterocycles. The number of hydrogen-bond donors (Lipinski definition) is 1. The maximum Gasteiger partial charge on any atom is 0.208 e. The fourth-order valence-electron chi connectivity index (χ4n) is 2.69. The van der Waals surface area contributed by atoms with Crippen molar-refractivity contribution in [2.24, 2.45) is 0 Å². The molecular formula is C15H12BrFN4O. The van der Waals surface area contributed by atoms with Gasteiger partial charge < -0.3 is 10.1 Å². The topological polar surface area (TPSA) is 51.5 Å². The van der Waals surface area contributed by atoms with Gasteiger partial charge in [0.25, 0.3) is 0 Å². The van der Waals surface area contributed by atoms with E-state index in [1.807, 2.05) is 10.6 Å². The zero-order chi connectivity index (χ0) is 15.1. The summed E-state index contributed by atoms with van der Waals surface area (Å²) in [5, 5.41) is 3.18. The second-order valence-electron chi connectivity index (χ2n) is 5.01. The second-order valence-corrected chi connectivity index (χ2v) is 5.86. The molecule has 22 heavy (non-hydrogen) atoms. The number of imidazole rings is 1. The molecule has 0 atom stereocenters. The number of aromatic nitrogens is 3. The molecule has 0 saturated heterocycles. The number of ether oxygens (including phenoxy) is 1. The van der Waals surface area contributed by atoms with Gasteiger partial charge in [-0.1, -0.05) is 0 Å². The van der Waals surface area contributed by atoms with Crippen LogP contribution in [-0.4, -0.2) is 21.0 Å². The van der Waals surface area contributed by atoms with Gasteiger partial charge in [0.1, 0.15) is 11.6 Å². The van der Waals surface area contributed by atoms with Crippen molar-refractivity contribution in [3.63, 3.8) is 0 Å². The highest BCUT2D eigenvalue weighted by molar-refractivity contribution is 9.10. The molecule has 4 rings (SSSR count). The van der Waals surface area contributed by atoms with Crippen LogP contribution in [0.2, 0.25) is 0 Å². The Morgan fingerprint density at radius 1 is 1.36 bits per heavy atom. The summed E-state index contributed by atoms with van der Waals surface area (Å²) in [4.78, 5) is 8.58. The molecule has 112 valence electrons. The molecule has 1 N–H and O–H groups in total. The predicted molar refractivity (Wildman–Crippen MR) is 83.6 cm³/mol. The van der Waals surface area contributed by atoms with Gasteiger partial charge >= 0.3 is 0 Å². The number of rotatable bonds is 3. The monoisotopic (exact) mass is 362 g/mol. The van der Waals surface area contributed by atoms with Crippen molar-refractivity contribution in [2.45, 2.75) is 13.0 Å². The summed E-state index contributed by atoms with van der Waals surface area (Å²) < 4.78 is 22.2. The Kier molecular flexibility index (Phi) is 3.22. The SMILES string of the molecule is Fc1ccc2c(c1CNc1ncc(Br)c3nccn13)CCO2. The van der Waals surface area contributed by atoms with Crippen LogP contribution in [0.4, 0.5) is 10.3 Å². The van der Waals surface area contributed by atoms with E-state index in [1.165, 1.54) is 6.07 Å². The van der Waals surface area contributed by atoms with Crippen molar-refractivity contribution in [3.05, 3.63) is 52.1 Å². The first-order chi connectivity index (χ1) is 10.7. The normalized spacial score (nSPS) is 13.2. The molecule has 3 heterocycles. The van der Waals surface area contributed by atoms with Crippen LogP contribution in [0.1, 0.15) is 11.1 Å². The summed E-state index contributed by atoms with van der Waals surface area (Å²) in [6.07, 6.45) is 5.92. The van der Waals surface area contributed by atoms with Gasteiger partial charge in [0.15, 0.2) is 5.65 Å². The third-order valence-electron chi connectivity index (χ3n) is 3.75. The van der Waals surface area contributed by atoms with Crippen LogP contribution in [0.5, 0.6) is 5.75 Å². The molecule has 1 aromatic carbocycles. The number of benzene rings is 1. The lowest BCUT2D eigenvalue weighted by molar-refractivity contribution is 0.356. The van der Waals surface area contributed by atoms with Crippen LogP contribution in [0.3, 0.4) is 0 Å². The minimum atomic E-state index is -0.226. The first kappa shape index (κ1) is 13.5. The molecule has 0 spiro atoms. The van der Waals surface area contributed by atoms with E-state index in [0.29, 0.717) is 24.7 Å². The van der Waals surface area contributed by atoms with Gasteiger partial charge in [-0.25, -0.2) is 14.4 Å². The van der Waals surface area contributed by atoms with E-state index >= 15 is 0 Å². The summed E-state index contributed by atoms with van der Waals surface area (Å²) >= 11 is 3.41. The molecule has 0 aliphatic carbocycles. The number of fused-ring (bicyclic) bond motifs is 2. The minimum absolute atomic E-state index is 0.226. The number of nitrogens with one attached hydrogen (secondary N) is 1. The Bertz CT molecular complexity index is 864. The molecular weight excluding hydrogens is 351 g/mol. The third kappa shape index (κ3) is 2.12. The van der Waals surface area contributed by atoms with Crippen molar-refractivity contribution >= 4 is 27.5 Å². The molecule has 1 aliphatic rings. The minimum Gasteiger partial charge on any atom is -0.493 e. The van der Waals surface area contributed by atoms with Crippen LogP contribution in [-0.2, 0) is 13.0 Å². The average molecular weight is 363 g/mol. The molecule has 0 saturated carbocycles. The first-order valence-corrected chi connectivity index (χ1v) is 7.68. The van der Waals surface area contributed by atoms with Gasteiger partial charge in [0.2, 0.25) is 5.95 Å². The summed E-state index contributed by atoms with van der Waals surface area (Å²) in [5.41, 5.74) is 2.33. The van der Waals surface area contributed by atoms with Gasteiger partial charge in [-0.2, -0.15) is 0 Å². The lowest BCUT2D eigenvalue weighted by Gasteiger charge is -2.12. The second kappa shape index (κ2) is 5.24. The molecule has 7 heteroatoms. The van der Waals surface area contributed by atoms with Crippen LogP contribution >= 0.6 is 15.9 Å². The van der Waals surface area contributed by atoms with Crippen molar-refractivity contribution in [3.8, 4) is 5.75 Å². The van der Waals surface area contributed by atoms with Gasteiger partial charge in [0.05, 0.1) is 11.1 Å². The van der Waals surface area contributed by atoms with Crippen molar-refractivity contribution < 1.29 is 9.13 Å². The zero-order valence-electron chi connectivity index (χ0n) is 11.5. The molecule has 5 nitrogen and oxygen atoms in total. The van der Waals surface area contributed by atoms with E-state index in [4.69, 9.17) is 4.74 Å². The highest BCUT2D eigenvalue weighted by Crippen LogP contribution is 2.30. The molecule has 3 aromatic rings. The van der Waals surface area contributed by atoms with E-state index in [1.54, 1.807) is 18.5 Å². The molecule has 2 aromatic heterocycles. The van der Waals surface area contributed by atoms with Gasteiger partial charge in [-0.15, -0.1) is 0 Å². The van der Waals surface area contributed by atoms with Crippen LogP contribution in [0.25, 0.3) is 5.65 Å². The van der Waals surface area contributed by atoms with Crippen molar-refractivity contribution in [1.29, 1.82) is 0 Å². The number of halogens is 2. The Morgan fingerprint density at radius 3 is 3.18 bits per heavy atom. The van der Waals surface area contributed by atoms with Crippen LogP contribution < -0.4 is 10.1 Å². The van der Waals surface area contributed by atoms with Crippen LogP contribution in [0, 0.1) is 5.82 Å². The molecule has 0 fully saturated rings. The number of nitrogens with zero attached hydrogens (tertiary/aromatic N) is 3. The third-order valence-corrected chi connectivity index (χ3v) is 4.31. The van der Waals surface area contributed by atoms with E-state index in [-0.39, 0.29) is 5.82 Å². The standard InChI is InChI=1S/C15H12BrFN4O/c16-11-8-20-15(21-5-4-18-14(11)21)19-7-10-9-3-6-22-13(9)2-1-12(10)17/h1-2,4-5,8H,3,6-7H2,(H,19,20). The van der Waals surface area contributed by atoms with Gasteiger partial charge in [-0.3, -0.25) is 4.40 Å². The van der Waals surface area contributed by atoms with Crippen LogP contribution in [0.15, 0.2) is 35.2 Å². The Balaban J connectivity index is 1.67. The summed E-state index contributed by atoms with van der Waals surface area (Å²) in [6.45, 7) is 0.953. The summed E-state index contributed by atoms with van der Waals surface area (Å²) in [7, 11) is 0. The Labute approximate surface area is 134 Å². The van der Waals surface area contributed by atoms with Crippen molar-refractivity contribution in [2.75, 3.05) is 11.9 Å². The summed E-state index contributed by atoms with van der Waals surface area (Å²) in [5.74, 6) is 1.16. The zero-order valence-corrected chi connectivity index (χ0v) is 13.1. The number of hydrogen-bond acceptors (Lipinski definition) is 4. The van der Waals surface area contributed by atoms with E-state index in [9.17, 15) is 4.39 Å². The molecule has 0 amide bonds. The highest BCUT2D eigenvalue weighted by atomic mass is 79.9. The number of anilines is 1. The predicted octanol–water partition coefficient (Wildman–Crippen LogP) is 3.18. The van der Waals surface area contributed by atoms with E-state index in [0.717, 1.165) is 27.9 Å². The van der Waals surface area contributed by atoms with Gasteiger partial charge in [0, 0.05) is 42.7 Å². The lowest BCUT2D eigenvalue weighted by atomic mass is 10.0. The highest BCUT2D eigenvalue weighted by Gasteiger charge is 2.19. The fraction of sp³-hybridized carbons (Fsp3) is 0.200. The smallest absolute Gasteiger partial charge is 0.208 e. The largest absolute Gasteiger partial charge is 0.493 e. The lowest BCUT2D eigenvalue weighted by Crippen LogP contribution is -2.09. The quantitative estimate of drug-likeness (QED) is 0.777. The van der Waals surface area contributed by atoms with Gasteiger partial charge in [-0.05, 0) is 28.1 Å².